The minimum absolute atomic E-state index is 0.399. The van der Waals surface area contributed by atoms with E-state index in [0.29, 0.717) is 12.1 Å². The van der Waals surface area contributed by atoms with E-state index >= 15 is 0 Å². The number of hydrogen-bond acceptors (Lipinski definition) is 2. The normalized spacial score (nSPS) is 24.2. The Morgan fingerprint density at radius 2 is 1.81 bits per heavy atom. The lowest BCUT2D eigenvalue weighted by molar-refractivity contribution is 0.252. The summed E-state index contributed by atoms with van der Waals surface area (Å²) in [6.45, 7) is 9.09. The first-order valence-electron chi connectivity index (χ1n) is 8.93. The summed E-state index contributed by atoms with van der Waals surface area (Å²) in [6.07, 6.45) is 8.83. The molecule has 3 nitrogen and oxygen atoms in total. The third-order valence-corrected chi connectivity index (χ3v) is 5.40. The molecule has 1 atom stereocenters. The summed E-state index contributed by atoms with van der Waals surface area (Å²) in [5, 5.41) is 8.43. The van der Waals surface area contributed by atoms with E-state index in [9.17, 15) is 0 Å². The highest BCUT2D eigenvalue weighted by atomic mass is 15.3. The van der Waals surface area contributed by atoms with Crippen molar-refractivity contribution in [3.63, 3.8) is 0 Å². The van der Waals surface area contributed by atoms with Crippen molar-refractivity contribution in [1.82, 2.24) is 15.1 Å². The second kappa shape index (κ2) is 7.44. The number of aromatic nitrogens is 2. The summed E-state index contributed by atoms with van der Waals surface area (Å²) in [7, 11) is 2.05. The molecule has 1 aromatic heterocycles. The highest BCUT2D eigenvalue weighted by molar-refractivity contribution is 5.30. The van der Waals surface area contributed by atoms with Crippen LogP contribution in [0.15, 0.2) is 0 Å². The van der Waals surface area contributed by atoms with Gasteiger partial charge in [-0.05, 0) is 58.4 Å². The lowest BCUT2D eigenvalue weighted by atomic mass is 9.84. The second-order valence-electron chi connectivity index (χ2n) is 6.55. The quantitative estimate of drug-likeness (QED) is 0.840. The first-order chi connectivity index (χ1) is 10.2. The Labute approximate surface area is 130 Å². The molecule has 3 heteroatoms. The summed E-state index contributed by atoms with van der Waals surface area (Å²) in [5.41, 5.74) is 4.22. The van der Waals surface area contributed by atoms with Crippen LogP contribution in [0.4, 0.5) is 0 Å². The fourth-order valence-electron chi connectivity index (χ4n) is 3.89. The molecule has 2 rings (SSSR count). The predicted molar refractivity (Wildman–Crippen MR) is 89.7 cm³/mol. The molecule has 1 heterocycles. The number of nitrogens with zero attached hydrogens (tertiary/aromatic N) is 2. The molecule has 21 heavy (non-hydrogen) atoms. The Bertz CT molecular complexity index is 442. The third kappa shape index (κ3) is 3.33. The van der Waals surface area contributed by atoms with Gasteiger partial charge in [-0.25, -0.2) is 0 Å². The highest BCUT2D eigenvalue weighted by Crippen LogP contribution is 2.36. The van der Waals surface area contributed by atoms with Gasteiger partial charge in [0.1, 0.15) is 0 Å². The molecule has 0 aliphatic heterocycles. The number of rotatable bonds is 6. The Hall–Kier alpha value is -0.830. The van der Waals surface area contributed by atoms with Crippen molar-refractivity contribution in [2.75, 3.05) is 7.05 Å². The molecule has 0 aromatic carbocycles. The zero-order chi connectivity index (χ0) is 15.4. The van der Waals surface area contributed by atoms with Crippen molar-refractivity contribution in [3.05, 3.63) is 17.0 Å². The maximum atomic E-state index is 5.02. The summed E-state index contributed by atoms with van der Waals surface area (Å²) in [5.74, 6) is 0.947. The Morgan fingerprint density at radius 3 is 2.29 bits per heavy atom. The van der Waals surface area contributed by atoms with Crippen LogP contribution in [0, 0.1) is 5.92 Å². The van der Waals surface area contributed by atoms with Crippen LogP contribution in [0.25, 0.3) is 0 Å². The topological polar surface area (TPSA) is 29.9 Å². The molecular formula is C18H33N3. The van der Waals surface area contributed by atoms with Gasteiger partial charge in [0.05, 0.1) is 11.7 Å². The molecule has 1 unspecified atom stereocenters. The van der Waals surface area contributed by atoms with Gasteiger partial charge in [0, 0.05) is 17.3 Å². The van der Waals surface area contributed by atoms with Gasteiger partial charge in [0.15, 0.2) is 0 Å². The fraction of sp³-hybridized carbons (Fsp3) is 0.833. The van der Waals surface area contributed by atoms with E-state index in [-0.39, 0.29) is 0 Å². The average molecular weight is 291 g/mol. The monoisotopic (exact) mass is 291 g/mol. The van der Waals surface area contributed by atoms with Crippen LogP contribution in [0.5, 0.6) is 0 Å². The van der Waals surface area contributed by atoms with Crippen molar-refractivity contribution < 1.29 is 0 Å². The zero-order valence-electron chi connectivity index (χ0n) is 14.6. The van der Waals surface area contributed by atoms with Crippen LogP contribution in [0.3, 0.4) is 0 Å². The first-order valence-corrected chi connectivity index (χ1v) is 8.93. The smallest absolute Gasteiger partial charge is 0.0672 e. The van der Waals surface area contributed by atoms with Gasteiger partial charge < -0.3 is 5.32 Å². The van der Waals surface area contributed by atoms with Crippen LogP contribution in [0.2, 0.25) is 0 Å². The van der Waals surface area contributed by atoms with E-state index in [1.54, 1.807) is 0 Å². The maximum Gasteiger partial charge on any atom is 0.0672 e. The van der Waals surface area contributed by atoms with Gasteiger partial charge in [-0.15, -0.1) is 0 Å². The van der Waals surface area contributed by atoms with Crippen molar-refractivity contribution in [2.45, 2.75) is 84.7 Å². The summed E-state index contributed by atoms with van der Waals surface area (Å²) < 4.78 is 2.40. The van der Waals surface area contributed by atoms with Crippen molar-refractivity contribution in [1.29, 1.82) is 0 Å². The van der Waals surface area contributed by atoms with E-state index in [4.69, 9.17) is 5.10 Å². The lowest BCUT2D eigenvalue weighted by Crippen LogP contribution is -2.21. The van der Waals surface area contributed by atoms with Crippen molar-refractivity contribution in [2.24, 2.45) is 5.92 Å². The van der Waals surface area contributed by atoms with Gasteiger partial charge in [-0.3, -0.25) is 4.68 Å². The molecule has 0 amide bonds. The fourth-order valence-corrected chi connectivity index (χ4v) is 3.89. The van der Waals surface area contributed by atoms with Crippen LogP contribution in [-0.4, -0.2) is 16.8 Å². The van der Waals surface area contributed by atoms with Crippen LogP contribution < -0.4 is 5.32 Å². The van der Waals surface area contributed by atoms with Crippen LogP contribution >= 0.6 is 0 Å². The van der Waals surface area contributed by atoms with Crippen molar-refractivity contribution >= 4 is 0 Å². The molecule has 1 fully saturated rings. The Morgan fingerprint density at radius 1 is 1.14 bits per heavy atom. The molecule has 120 valence electrons. The van der Waals surface area contributed by atoms with Gasteiger partial charge in [-0.2, -0.15) is 5.10 Å². The summed E-state index contributed by atoms with van der Waals surface area (Å²) >= 11 is 0. The van der Waals surface area contributed by atoms with Crippen LogP contribution in [-0.2, 0) is 12.8 Å². The van der Waals surface area contributed by atoms with E-state index < -0.39 is 0 Å². The lowest BCUT2D eigenvalue weighted by Gasteiger charge is -2.29. The molecule has 0 saturated heterocycles. The van der Waals surface area contributed by atoms with E-state index in [1.807, 2.05) is 7.05 Å². The molecule has 0 bridgehead atoms. The molecule has 1 N–H and O–H groups in total. The largest absolute Gasteiger partial charge is 0.313 e. The van der Waals surface area contributed by atoms with Crippen molar-refractivity contribution in [3.8, 4) is 0 Å². The summed E-state index contributed by atoms with van der Waals surface area (Å²) in [6, 6.07) is 1.03. The molecular weight excluding hydrogens is 258 g/mol. The highest BCUT2D eigenvalue weighted by Gasteiger charge is 2.27. The second-order valence-corrected chi connectivity index (χ2v) is 6.55. The maximum absolute atomic E-state index is 5.02. The predicted octanol–water partition coefficient (Wildman–Crippen LogP) is 4.43. The minimum Gasteiger partial charge on any atom is -0.313 e. The summed E-state index contributed by atoms with van der Waals surface area (Å²) in [4.78, 5) is 0. The van der Waals surface area contributed by atoms with Gasteiger partial charge in [0.2, 0.25) is 0 Å². The number of aryl methyl sites for hydroxylation is 1. The van der Waals surface area contributed by atoms with E-state index in [1.165, 1.54) is 49.1 Å². The Kier molecular flexibility index (Phi) is 5.86. The molecule has 0 radical (unpaired) electrons. The molecule has 1 saturated carbocycles. The van der Waals surface area contributed by atoms with Gasteiger partial charge in [-0.1, -0.05) is 27.2 Å². The molecule has 0 spiro atoms. The van der Waals surface area contributed by atoms with Crippen LogP contribution in [0.1, 0.15) is 88.8 Å². The average Bonchev–Trinajstić information content (AvgIpc) is 2.92. The molecule has 1 aliphatic carbocycles. The van der Waals surface area contributed by atoms with E-state index in [2.05, 4.69) is 37.7 Å². The van der Waals surface area contributed by atoms with Gasteiger partial charge >= 0.3 is 0 Å². The standard InChI is InChI=1S/C18H33N3/c1-6-14-9-11-15(12-10-14)21-17(8-3)18(13(4)19-5)16(7-2)20-21/h13-15,19H,6-12H2,1-5H3. The third-order valence-electron chi connectivity index (χ3n) is 5.40. The Balaban J connectivity index is 2.29. The number of hydrogen-bond donors (Lipinski definition) is 1. The molecule has 1 aromatic rings. The number of nitrogens with one attached hydrogen (secondary N) is 1. The van der Waals surface area contributed by atoms with Gasteiger partial charge in [0.25, 0.3) is 0 Å². The molecule has 1 aliphatic rings. The SMILES string of the molecule is CCc1nn(C2CCC(CC)CC2)c(CC)c1C(C)NC. The first kappa shape index (κ1) is 16.5. The van der Waals surface area contributed by atoms with E-state index in [0.717, 1.165) is 18.8 Å². The minimum atomic E-state index is 0.399. The zero-order valence-corrected chi connectivity index (χ0v) is 14.6.